The van der Waals surface area contributed by atoms with E-state index in [1.54, 1.807) is 30.3 Å². The number of carbonyl (C=O) groups is 3. The van der Waals surface area contributed by atoms with Crippen LogP contribution in [0.15, 0.2) is 59.7 Å². The Morgan fingerprint density at radius 2 is 1.38 bits per heavy atom. The van der Waals surface area contributed by atoms with Crippen LogP contribution in [0.3, 0.4) is 0 Å². The second kappa shape index (κ2) is 12.3. The minimum absolute atomic E-state index is 0.206. The molecule has 3 aromatic rings. The Kier molecular flexibility index (Phi) is 8.99. The number of nitrogens with zero attached hydrogens (tertiary/aromatic N) is 1. The highest BCUT2D eigenvalue weighted by Crippen LogP contribution is 2.27. The molecule has 37 heavy (non-hydrogen) atoms. The molecule has 0 radical (unpaired) electrons. The fraction of sp³-hybridized carbons (Fsp3) is 0.214. The van der Waals surface area contributed by atoms with E-state index in [9.17, 15) is 14.4 Å². The molecule has 192 valence electrons. The van der Waals surface area contributed by atoms with Gasteiger partial charge in [0, 0.05) is 11.4 Å². The lowest BCUT2D eigenvalue weighted by Gasteiger charge is -2.12. The van der Waals surface area contributed by atoms with E-state index in [1.165, 1.54) is 13.3 Å². The predicted molar refractivity (Wildman–Crippen MR) is 143 cm³/mol. The largest absolute Gasteiger partial charge is 0.493 e. The third kappa shape index (κ3) is 7.66. The second-order valence-electron chi connectivity index (χ2n) is 8.50. The molecule has 0 atom stereocenters. The molecule has 9 heteroatoms. The highest BCUT2D eigenvalue weighted by Gasteiger charge is 2.13. The van der Waals surface area contributed by atoms with Gasteiger partial charge in [0.05, 0.1) is 13.3 Å². The molecular weight excluding hydrogens is 472 g/mol. The Morgan fingerprint density at radius 3 is 1.97 bits per heavy atom. The van der Waals surface area contributed by atoms with Crippen LogP contribution in [0.5, 0.6) is 11.5 Å². The SMILES string of the molecule is COc1cc(/C=N\NC(=O)C(=O)Nc2ccc(C)c(C)c2)ccc1OCC(=O)Nc1ccc(C)c(C)c1. The van der Waals surface area contributed by atoms with Crippen molar-refractivity contribution in [3.63, 3.8) is 0 Å². The van der Waals surface area contributed by atoms with E-state index < -0.39 is 11.8 Å². The zero-order valence-corrected chi connectivity index (χ0v) is 21.5. The molecule has 0 aliphatic carbocycles. The molecule has 0 saturated heterocycles. The number of methoxy groups -OCH3 is 1. The number of hydrazone groups is 1. The summed E-state index contributed by atoms with van der Waals surface area (Å²) in [5.74, 6) is -1.30. The van der Waals surface area contributed by atoms with Crippen LogP contribution < -0.4 is 25.5 Å². The van der Waals surface area contributed by atoms with Crippen LogP contribution in [0.1, 0.15) is 27.8 Å². The number of amides is 3. The summed E-state index contributed by atoms with van der Waals surface area (Å²) >= 11 is 0. The van der Waals surface area contributed by atoms with Crippen molar-refractivity contribution in [3.05, 3.63) is 82.4 Å². The van der Waals surface area contributed by atoms with Crippen LogP contribution >= 0.6 is 0 Å². The van der Waals surface area contributed by atoms with Gasteiger partial charge in [0.1, 0.15) is 0 Å². The zero-order valence-electron chi connectivity index (χ0n) is 21.5. The molecule has 0 aliphatic rings. The minimum Gasteiger partial charge on any atom is -0.493 e. The van der Waals surface area contributed by atoms with Crippen LogP contribution in [0.2, 0.25) is 0 Å². The number of hydrogen-bond donors (Lipinski definition) is 3. The quantitative estimate of drug-likeness (QED) is 0.244. The van der Waals surface area contributed by atoms with Crippen LogP contribution in [-0.4, -0.2) is 37.7 Å². The molecular formula is C28H30N4O5. The van der Waals surface area contributed by atoms with Gasteiger partial charge in [0.15, 0.2) is 18.1 Å². The summed E-state index contributed by atoms with van der Waals surface area (Å²) < 4.78 is 11.0. The van der Waals surface area contributed by atoms with Gasteiger partial charge in [-0.25, -0.2) is 5.43 Å². The monoisotopic (exact) mass is 502 g/mol. The lowest BCUT2D eigenvalue weighted by molar-refractivity contribution is -0.136. The van der Waals surface area contributed by atoms with Gasteiger partial charge >= 0.3 is 11.8 Å². The number of hydrogen-bond acceptors (Lipinski definition) is 6. The summed E-state index contributed by atoms with van der Waals surface area (Å²) in [4.78, 5) is 36.5. The van der Waals surface area contributed by atoms with Crippen molar-refractivity contribution in [2.24, 2.45) is 5.10 Å². The Morgan fingerprint density at radius 1 is 0.757 bits per heavy atom. The molecule has 0 spiro atoms. The maximum absolute atomic E-state index is 12.3. The highest BCUT2D eigenvalue weighted by atomic mass is 16.5. The average molecular weight is 503 g/mol. The first-order chi connectivity index (χ1) is 17.7. The molecule has 0 heterocycles. The predicted octanol–water partition coefficient (Wildman–Crippen LogP) is 4.04. The van der Waals surface area contributed by atoms with Crippen molar-refractivity contribution in [1.29, 1.82) is 0 Å². The average Bonchev–Trinajstić information content (AvgIpc) is 2.87. The molecule has 3 amide bonds. The Bertz CT molecular complexity index is 1350. The van der Waals surface area contributed by atoms with Crippen LogP contribution in [-0.2, 0) is 14.4 Å². The third-order valence-electron chi connectivity index (χ3n) is 5.69. The van der Waals surface area contributed by atoms with Crippen molar-refractivity contribution in [2.75, 3.05) is 24.4 Å². The molecule has 0 saturated carbocycles. The van der Waals surface area contributed by atoms with Crippen LogP contribution in [0.4, 0.5) is 11.4 Å². The molecule has 0 aromatic heterocycles. The standard InChI is InChI=1S/C28H30N4O5/c1-17-6-9-22(12-19(17)3)30-26(33)16-37-24-11-8-21(14-25(24)36-5)15-29-32-28(35)27(34)31-23-10-7-18(2)20(4)13-23/h6-15H,16H2,1-5H3,(H,30,33)(H,31,34)(H,32,35)/b29-15-. The van der Waals surface area contributed by atoms with Crippen molar-refractivity contribution in [3.8, 4) is 11.5 Å². The summed E-state index contributed by atoms with van der Waals surface area (Å²) in [5.41, 5.74) is 8.30. The lowest BCUT2D eigenvalue weighted by Crippen LogP contribution is -2.32. The summed E-state index contributed by atoms with van der Waals surface area (Å²) in [7, 11) is 1.47. The van der Waals surface area contributed by atoms with Gasteiger partial charge in [-0.05, 0) is 98.0 Å². The van der Waals surface area contributed by atoms with Crippen LogP contribution in [0.25, 0.3) is 0 Å². The van der Waals surface area contributed by atoms with Crippen molar-refractivity contribution in [2.45, 2.75) is 27.7 Å². The number of benzene rings is 3. The Labute approximate surface area is 215 Å². The molecule has 3 rings (SSSR count). The van der Waals surface area contributed by atoms with E-state index in [2.05, 4.69) is 21.2 Å². The van der Waals surface area contributed by atoms with Gasteiger partial charge < -0.3 is 20.1 Å². The smallest absolute Gasteiger partial charge is 0.329 e. The number of rotatable bonds is 8. The second-order valence-corrected chi connectivity index (χ2v) is 8.50. The van der Waals surface area contributed by atoms with Gasteiger partial charge in [-0.2, -0.15) is 5.10 Å². The molecule has 9 nitrogen and oxygen atoms in total. The molecule has 3 aromatic carbocycles. The topological polar surface area (TPSA) is 118 Å². The molecule has 0 unspecified atom stereocenters. The minimum atomic E-state index is -0.906. The molecule has 3 N–H and O–H groups in total. The maximum Gasteiger partial charge on any atom is 0.329 e. The summed E-state index contributed by atoms with van der Waals surface area (Å²) in [5, 5.41) is 9.16. The number of aryl methyl sites for hydroxylation is 4. The van der Waals surface area contributed by atoms with E-state index in [1.807, 2.05) is 52.0 Å². The zero-order chi connectivity index (χ0) is 26.9. The first-order valence-electron chi connectivity index (χ1n) is 11.6. The number of nitrogens with one attached hydrogen (secondary N) is 3. The number of anilines is 2. The summed E-state index contributed by atoms with van der Waals surface area (Å²) in [6.45, 7) is 7.65. The molecule has 0 fully saturated rings. The first kappa shape index (κ1) is 26.9. The van der Waals surface area contributed by atoms with E-state index in [-0.39, 0.29) is 12.5 Å². The maximum atomic E-state index is 12.3. The molecule has 0 aliphatic heterocycles. The summed E-state index contributed by atoms with van der Waals surface area (Å²) in [6, 6.07) is 16.0. The van der Waals surface area contributed by atoms with Gasteiger partial charge in [0.2, 0.25) is 0 Å². The third-order valence-corrected chi connectivity index (χ3v) is 5.69. The molecule has 0 bridgehead atoms. The van der Waals surface area contributed by atoms with E-state index in [4.69, 9.17) is 9.47 Å². The van der Waals surface area contributed by atoms with Crippen molar-refractivity contribution >= 4 is 35.3 Å². The summed E-state index contributed by atoms with van der Waals surface area (Å²) in [6.07, 6.45) is 1.36. The van der Waals surface area contributed by atoms with Gasteiger partial charge in [-0.15, -0.1) is 0 Å². The van der Waals surface area contributed by atoms with E-state index in [0.717, 1.165) is 22.3 Å². The number of ether oxygens (including phenoxy) is 2. The first-order valence-corrected chi connectivity index (χ1v) is 11.6. The van der Waals surface area contributed by atoms with Gasteiger partial charge in [0.25, 0.3) is 5.91 Å². The van der Waals surface area contributed by atoms with Crippen LogP contribution in [0, 0.1) is 27.7 Å². The Balaban J connectivity index is 1.53. The fourth-order valence-corrected chi connectivity index (χ4v) is 3.27. The Hall–Kier alpha value is -4.66. The van der Waals surface area contributed by atoms with Gasteiger partial charge in [-0.1, -0.05) is 12.1 Å². The lowest BCUT2D eigenvalue weighted by atomic mass is 10.1. The van der Waals surface area contributed by atoms with Crippen molar-refractivity contribution in [1.82, 2.24) is 5.43 Å². The van der Waals surface area contributed by atoms with E-state index in [0.29, 0.717) is 28.4 Å². The normalized spacial score (nSPS) is 10.6. The van der Waals surface area contributed by atoms with E-state index >= 15 is 0 Å². The van der Waals surface area contributed by atoms with Gasteiger partial charge in [-0.3, -0.25) is 14.4 Å². The fourth-order valence-electron chi connectivity index (χ4n) is 3.27. The van der Waals surface area contributed by atoms with Crippen molar-refractivity contribution < 1.29 is 23.9 Å². The highest BCUT2D eigenvalue weighted by molar-refractivity contribution is 6.39. The number of carbonyl (C=O) groups excluding carboxylic acids is 3.